The summed E-state index contributed by atoms with van der Waals surface area (Å²) < 4.78 is 4.25. The molecule has 0 fully saturated rings. The molecule has 1 aromatic rings. The Balaban J connectivity index is 0.000000873. The fourth-order valence-corrected chi connectivity index (χ4v) is 1.67. The number of benzene rings is 1. The van der Waals surface area contributed by atoms with E-state index in [1.807, 2.05) is 0 Å². The molecule has 2 heteroatoms. The lowest BCUT2D eigenvalue weighted by atomic mass is 9.85. The third-order valence-electron chi connectivity index (χ3n) is 2.55. The number of carbonyl (C=O) groups excluding carboxylic acids is 1. The van der Waals surface area contributed by atoms with Gasteiger partial charge in [0, 0.05) is 20.6 Å². The lowest BCUT2D eigenvalue weighted by Gasteiger charge is -2.20. The highest BCUT2D eigenvalue weighted by Gasteiger charge is 2.14. The molecule has 0 saturated heterocycles. The van der Waals surface area contributed by atoms with E-state index in [0.29, 0.717) is 6.42 Å². The van der Waals surface area contributed by atoms with Crippen molar-refractivity contribution >= 4 is 6.29 Å². The minimum Gasteiger partial charge on any atom is -0.388 e. The van der Waals surface area contributed by atoms with Crippen molar-refractivity contribution in [3.8, 4) is 0 Å². The fourth-order valence-electron chi connectivity index (χ4n) is 1.67. The Morgan fingerprint density at radius 1 is 1.17 bits per heavy atom. The number of methoxy groups -OCH3 is 1. The van der Waals surface area contributed by atoms with Crippen molar-refractivity contribution in [2.75, 3.05) is 14.2 Å². The van der Waals surface area contributed by atoms with Crippen LogP contribution in [-0.2, 0) is 21.4 Å². The zero-order chi connectivity index (χ0) is 14.2. The van der Waals surface area contributed by atoms with E-state index >= 15 is 0 Å². The van der Waals surface area contributed by atoms with Crippen LogP contribution in [-0.4, -0.2) is 20.5 Å². The Kier molecular flexibility index (Phi) is 7.53. The summed E-state index contributed by atoms with van der Waals surface area (Å²) in [4.78, 5) is 10.3. The molecule has 0 spiro atoms. The van der Waals surface area contributed by atoms with Gasteiger partial charge < -0.3 is 9.53 Å². The first kappa shape index (κ1) is 16.9. The Morgan fingerprint density at radius 3 is 2.17 bits per heavy atom. The summed E-state index contributed by atoms with van der Waals surface area (Å²) >= 11 is 0. The largest absolute Gasteiger partial charge is 0.388 e. The lowest BCUT2D eigenvalue weighted by Crippen LogP contribution is -2.11. The van der Waals surface area contributed by atoms with Gasteiger partial charge in [0.2, 0.25) is 0 Å². The van der Waals surface area contributed by atoms with Crippen LogP contribution in [0.25, 0.3) is 0 Å². The van der Waals surface area contributed by atoms with E-state index in [0.717, 1.165) is 12.7 Å². The van der Waals surface area contributed by atoms with Gasteiger partial charge in [0.1, 0.15) is 6.29 Å². The first-order chi connectivity index (χ1) is 8.35. The minimum atomic E-state index is 0.182. The van der Waals surface area contributed by atoms with Crippen molar-refractivity contribution in [2.24, 2.45) is 0 Å². The van der Waals surface area contributed by atoms with E-state index in [1.165, 1.54) is 16.7 Å². The van der Waals surface area contributed by atoms with E-state index in [4.69, 9.17) is 0 Å². The molecule has 0 bridgehead atoms. The minimum absolute atomic E-state index is 0.182. The van der Waals surface area contributed by atoms with Crippen LogP contribution in [0.15, 0.2) is 18.2 Å². The van der Waals surface area contributed by atoms with Gasteiger partial charge in [-0.2, -0.15) is 0 Å². The van der Waals surface area contributed by atoms with Gasteiger partial charge in [-0.3, -0.25) is 0 Å². The highest BCUT2D eigenvalue weighted by molar-refractivity contribution is 5.50. The molecule has 0 aliphatic rings. The molecule has 1 aromatic carbocycles. The van der Waals surface area contributed by atoms with E-state index in [9.17, 15) is 4.79 Å². The first-order valence-electron chi connectivity index (χ1n) is 6.30. The molecule has 0 aromatic heterocycles. The molecule has 0 unspecified atom stereocenters. The summed E-state index contributed by atoms with van der Waals surface area (Å²) in [5, 5.41) is 0. The van der Waals surface area contributed by atoms with Crippen molar-refractivity contribution in [3.05, 3.63) is 34.9 Å². The van der Waals surface area contributed by atoms with Crippen molar-refractivity contribution < 1.29 is 9.53 Å². The van der Waals surface area contributed by atoms with Gasteiger partial charge in [0.05, 0.1) is 0 Å². The molecule has 0 aliphatic carbocycles. The molecule has 2 nitrogen and oxygen atoms in total. The predicted octanol–water partition coefficient (Wildman–Crippen LogP) is 3.69. The van der Waals surface area contributed by atoms with Crippen molar-refractivity contribution in [2.45, 2.75) is 46.0 Å². The van der Waals surface area contributed by atoms with Crippen molar-refractivity contribution in [1.29, 1.82) is 0 Å². The first-order valence-corrected chi connectivity index (χ1v) is 6.30. The maximum absolute atomic E-state index is 10.3. The third-order valence-corrected chi connectivity index (χ3v) is 2.55. The summed E-state index contributed by atoms with van der Waals surface area (Å²) in [5.41, 5.74) is 4.08. The van der Waals surface area contributed by atoms with Gasteiger partial charge in [-0.1, -0.05) is 44.5 Å². The van der Waals surface area contributed by atoms with Crippen molar-refractivity contribution in [3.63, 3.8) is 0 Å². The van der Waals surface area contributed by atoms with Crippen LogP contribution < -0.4 is 0 Å². The average Bonchev–Trinajstić information content (AvgIpc) is 2.25. The van der Waals surface area contributed by atoms with Crippen LogP contribution >= 0.6 is 0 Å². The van der Waals surface area contributed by atoms with Crippen LogP contribution in [0.1, 0.15) is 43.9 Å². The molecule has 0 saturated carbocycles. The second-order valence-corrected chi connectivity index (χ2v) is 5.57. The van der Waals surface area contributed by atoms with Crippen LogP contribution in [0.3, 0.4) is 0 Å². The predicted molar refractivity (Wildman–Crippen MR) is 77.2 cm³/mol. The molecular weight excluding hydrogens is 224 g/mol. The number of aryl methyl sites for hydroxylation is 2. The van der Waals surface area contributed by atoms with Gasteiger partial charge in [-0.15, -0.1) is 0 Å². The smallest absolute Gasteiger partial charge is 0.120 e. The number of hydrogen-bond donors (Lipinski definition) is 0. The molecular formula is C16H26O2. The van der Waals surface area contributed by atoms with Gasteiger partial charge in [0.15, 0.2) is 0 Å². The monoisotopic (exact) mass is 250 g/mol. The van der Waals surface area contributed by atoms with Gasteiger partial charge >= 0.3 is 0 Å². The highest BCUT2D eigenvalue weighted by atomic mass is 16.4. The number of ether oxygens (including phenoxy) is 1. The number of aldehydes is 1. The SMILES string of the molecule is COC.Cc1cc(CCC=O)cc(C(C)(C)C)c1. The van der Waals surface area contributed by atoms with Crippen LogP contribution in [0.5, 0.6) is 0 Å². The molecule has 0 heterocycles. The molecule has 0 radical (unpaired) electrons. The summed E-state index contributed by atoms with van der Waals surface area (Å²) in [6.07, 6.45) is 2.46. The Morgan fingerprint density at radius 2 is 1.72 bits per heavy atom. The molecule has 0 atom stereocenters. The standard InChI is InChI=1S/C14H20O.C2H6O/c1-11-8-12(6-5-7-15)10-13(9-11)14(2,3)4;1-3-2/h7-10H,5-6H2,1-4H3;1-2H3. The third kappa shape index (κ3) is 6.55. The molecule has 0 aliphatic heterocycles. The van der Waals surface area contributed by atoms with Gasteiger partial charge in [0.25, 0.3) is 0 Å². The fraction of sp³-hybridized carbons (Fsp3) is 0.562. The maximum atomic E-state index is 10.3. The zero-order valence-electron chi connectivity index (χ0n) is 12.5. The quantitative estimate of drug-likeness (QED) is 0.765. The number of hydrogen-bond acceptors (Lipinski definition) is 2. The summed E-state index contributed by atoms with van der Waals surface area (Å²) in [6.45, 7) is 8.75. The summed E-state index contributed by atoms with van der Waals surface area (Å²) in [7, 11) is 3.25. The van der Waals surface area contributed by atoms with E-state index in [2.05, 4.69) is 50.6 Å². The zero-order valence-corrected chi connectivity index (χ0v) is 12.5. The van der Waals surface area contributed by atoms with Gasteiger partial charge in [-0.25, -0.2) is 0 Å². The van der Waals surface area contributed by atoms with Crippen molar-refractivity contribution in [1.82, 2.24) is 0 Å². The Bertz CT molecular complexity index is 362. The Labute approximate surface area is 111 Å². The summed E-state index contributed by atoms with van der Waals surface area (Å²) in [5.74, 6) is 0. The van der Waals surface area contributed by atoms with Crippen LogP contribution in [0.4, 0.5) is 0 Å². The molecule has 1 rings (SSSR count). The number of carbonyl (C=O) groups is 1. The molecule has 18 heavy (non-hydrogen) atoms. The van der Waals surface area contributed by atoms with Crippen LogP contribution in [0, 0.1) is 6.92 Å². The van der Waals surface area contributed by atoms with E-state index in [1.54, 1.807) is 14.2 Å². The molecule has 102 valence electrons. The average molecular weight is 250 g/mol. The molecule has 0 amide bonds. The topological polar surface area (TPSA) is 26.3 Å². The molecule has 0 N–H and O–H groups in total. The van der Waals surface area contributed by atoms with Gasteiger partial charge in [-0.05, 0) is 29.9 Å². The van der Waals surface area contributed by atoms with Crippen LogP contribution in [0.2, 0.25) is 0 Å². The lowest BCUT2D eigenvalue weighted by molar-refractivity contribution is -0.107. The second-order valence-electron chi connectivity index (χ2n) is 5.57. The number of rotatable bonds is 3. The second kappa shape index (κ2) is 8.04. The van der Waals surface area contributed by atoms with E-state index in [-0.39, 0.29) is 5.41 Å². The summed E-state index contributed by atoms with van der Waals surface area (Å²) in [6, 6.07) is 6.61. The van der Waals surface area contributed by atoms with E-state index < -0.39 is 0 Å². The highest BCUT2D eigenvalue weighted by Crippen LogP contribution is 2.24. The maximum Gasteiger partial charge on any atom is 0.120 e. The normalized spacial score (nSPS) is 10.6. The Hall–Kier alpha value is -1.15.